The van der Waals surface area contributed by atoms with E-state index in [0.717, 1.165) is 49.7 Å². The Morgan fingerprint density at radius 3 is 2.91 bits per heavy atom. The van der Waals surface area contributed by atoms with Crippen molar-refractivity contribution in [2.45, 2.75) is 12.8 Å². The van der Waals surface area contributed by atoms with Gasteiger partial charge in [-0.05, 0) is 18.6 Å². The second-order valence-corrected chi connectivity index (χ2v) is 5.66. The van der Waals surface area contributed by atoms with Crippen LogP contribution in [0.4, 0.5) is 5.69 Å². The standard InChI is InChI=1S/C17H24N4O2/c18-17(19-7-10-21-8-2-1-3-9-21)20-14-5-6-15-16(13-14)23-12-4-11-22-15/h1-2,5-6,13H,3-4,7-12H2,(H3,18,19,20). The molecule has 124 valence electrons. The molecule has 0 atom stereocenters. The highest BCUT2D eigenvalue weighted by molar-refractivity contribution is 5.92. The number of benzene rings is 1. The summed E-state index contributed by atoms with van der Waals surface area (Å²) >= 11 is 0. The van der Waals surface area contributed by atoms with Crippen molar-refractivity contribution in [1.82, 2.24) is 4.90 Å². The molecule has 1 aromatic carbocycles. The molecule has 0 fully saturated rings. The molecular weight excluding hydrogens is 292 g/mol. The molecule has 2 aliphatic rings. The summed E-state index contributed by atoms with van der Waals surface area (Å²) in [6, 6.07) is 5.72. The molecule has 0 bridgehead atoms. The lowest BCUT2D eigenvalue weighted by atomic mass is 10.2. The van der Waals surface area contributed by atoms with Gasteiger partial charge in [0, 0.05) is 37.8 Å². The summed E-state index contributed by atoms with van der Waals surface area (Å²) in [6.45, 7) is 5.08. The quantitative estimate of drug-likeness (QED) is 0.504. The van der Waals surface area contributed by atoms with Crippen molar-refractivity contribution in [2.75, 3.05) is 44.7 Å². The first kappa shape index (κ1) is 15.7. The molecule has 0 saturated carbocycles. The number of anilines is 1. The van der Waals surface area contributed by atoms with Crippen molar-refractivity contribution in [3.05, 3.63) is 30.4 Å². The van der Waals surface area contributed by atoms with Gasteiger partial charge < -0.3 is 20.5 Å². The Morgan fingerprint density at radius 2 is 2.09 bits per heavy atom. The highest BCUT2D eigenvalue weighted by Gasteiger charge is 2.11. The molecular formula is C17H24N4O2. The van der Waals surface area contributed by atoms with Crippen LogP contribution in [-0.4, -0.2) is 50.3 Å². The van der Waals surface area contributed by atoms with E-state index in [-0.39, 0.29) is 0 Å². The first-order chi connectivity index (χ1) is 11.3. The average Bonchev–Trinajstić information content (AvgIpc) is 2.81. The maximum absolute atomic E-state index is 5.96. The zero-order valence-electron chi connectivity index (χ0n) is 13.3. The van der Waals surface area contributed by atoms with Crippen molar-refractivity contribution in [2.24, 2.45) is 10.7 Å². The molecule has 2 aliphatic heterocycles. The molecule has 0 amide bonds. The predicted molar refractivity (Wildman–Crippen MR) is 92.4 cm³/mol. The maximum Gasteiger partial charge on any atom is 0.193 e. The van der Waals surface area contributed by atoms with Crippen molar-refractivity contribution < 1.29 is 9.47 Å². The number of hydrogen-bond donors (Lipinski definition) is 2. The number of hydrogen-bond acceptors (Lipinski definition) is 4. The summed E-state index contributed by atoms with van der Waals surface area (Å²) in [5.41, 5.74) is 6.82. The number of nitrogens with two attached hydrogens (primary N) is 1. The van der Waals surface area contributed by atoms with E-state index in [1.807, 2.05) is 18.2 Å². The average molecular weight is 316 g/mol. The molecule has 0 radical (unpaired) electrons. The number of ether oxygens (including phenoxy) is 2. The molecule has 3 rings (SSSR count). The van der Waals surface area contributed by atoms with Crippen LogP contribution in [0.5, 0.6) is 11.5 Å². The first-order valence-corrected chi connectivity index (χ1v) is 8.15. The molecule has 0 spiro atoms. The topological polar surface area (TPSA) is 72.1 Å². The molecule has 0 unspecified atom stereocenters. The lowest BCUT2D eigenvalue weighted by molar-refractivity contribution is 0.297. The maximum atomic E-state index is 5.96. The van der Waals surface area contributed by atoms with Crippen molar-refractivity contribution in [3.8, 4) is 11.5 Å². The fourth-order valence-corrected chi connectivity index (χ4v) is 2.63. The summed E-state index contributed by atoms with van der Waals surface area (Å²) in [6.07, 6.45) is 6.44. The second-order valence-electron chi connectivity index (χ2n) is 5.66. The van der Waals surface area contributed by atoms with Gasteiger partial charge in [0.25, 0.3) is 0 Å². The van der Waals surface area contributed by atoms with Gasteiger partial charge in [-0.2, -0.15) is 0 Å². The number of guanidine groups is 1. The minimum atomic E-state index is 0.423. The monoisotopic (exact) mass is 316 g/mol. The van der Waals surface area contributed by atoms with Gasteiger partial charge >= 0.3 is 0 Å². The van der Waals surface area contributed by atoms with Crippen LogP contribution in [0.2, 0.25) is 0 Å². The van der Waals surface area contributed by atoms with E-state index in [1.54, 1.807) is 0 Å². The van der Waals surface area contributed by atoms with Crippen LogP contribution in [-0.2, 0) is 0 Å². The summed E-state index contributed by atoms with van der Waals surface area (Å²) in [5.74, 6) is 1.95. The Balaban J connectivity index is 1.52. The molecule has 6 heteroatoms. The van der Waals surface area contributed by atoms with E-state index in [0.29, 0.717) is 25.7 Å². The Hall–Kier alpha value is -2.21. The minimum absolute atomic E-state index is 0.423. The minimum Gasteiger partial charge on any atom is -0.490 e. The van der Waals surface area contributed by atoms with Crippen LogP contribution in [0.3, 0.4) is 0 Å². The third kappa shape index (κ3) is 4.63. The Bertz CT molecular complexity index is 586. The summed E-state index contributed by atoms with van der Waals surface area (Å²) in [4.78, 5) is 6.76. The van der Waals surface area contributed by atoms with Crippen LogP contribution >= 0.6 is 0 Å². The Morgan fingerprint density at radius 1 is 1.22 bits per heavy atom. The van der Waals surface area contributed by atoms with Gasteiger partial charge in [0.2, 0.25) is 0 Å². The third-order valence-electron chi connectivity index (χ3n) is 3.86. The largest absolute Gasteiger partial charge is 0.490 e. The molecule has 2 heterocycles. The number of aliphatic imine (C=N–C) groups is 1. The summed E-state index contributed by atoms with van der Waals surface area (Å²) in [5, 5.41) is 3.11. The lowest BCUT2D eigenvalue weighted by Gasteiger charge is -2.21. The van der Waals surface area contributed by atoms with Gasteiger partial charge in [-0.1, -0.05) is 12.2 Å². The van der Waals surface area contributed by atoms with Crippen LogP contribution in [0.15, 0.2) is 35.3 Å². The van der Waals surface area contributed by atoms with Gasteiger partial charge in [0.15, 0.2) is 17.5 Å². The number of nitrogens with zero attached hydrogens (tertiary/aromatic N) is 2. The first-order valence-electron chi connectivity index (χ1n) is 8.15. The Kier molecular flexibility index (Phi) is 5.37. The number of rotatable bonds is 4. The molecule has 23 heavy (non-hydrogen) atoms. The Labute approximate surface area is 137 Å². The number of fused-ring (bicyclic) bond motifs is 1. The summed E-state index contributed by atoms with van der Waals surface area (Å²) in [7, 11) is 0. The predicted octanol–water partition coefficient (Wildman–Crippen LogP) is 1.84. The van der Waals surface area contributed by atoms with Crippen molar-refractivity contribution in [1.29, 1.82) is 0 Å². The van der Waals surface area contributed by atoms with E-state index in [2.05, 4.69) is 27.4 Å². The molecule has 1 aromatic rings. The van der Waals surface area contributed by atoms with Gasteiger partial charge in [0.05, 0.1) is 19.8 Å². The van der Waals surface area contributed by atoms with Crippen LogP contribution in [0.1, 0.15) is 12.8 Å². The van der Waals surface area contributed by atoms with Crippen LogP contribution in [0.25, 0.3) is 0 Å². The van der Waals surface area contributed by atoms with Gasteiger partial charge in [-0.25, -0.2) is 0 Å². The fraction of sp³-hybridized carbons (Fsp3) is 0.471. The smallest absolute Gasteiger partial charge is 0.193 e. The van der Waals surface area contributed by atoms with Gasteiger partial charge in [-0.3, -0.25) is 9.89 Å². The van der Waals surface area contributed by atoms with Crippen LogP contribution in [0, 0.1) is 0 Å². The highest BCUT2D eigenvalue weighted by atomic mass is 16.5. The van der Waals surface area contributed by atoms with Gasteiger partial charge in [-0.15, -0.1) is 0 Å². The molecule has 0 aliphatic carbocycles. The molecule has 0 aromatic heterocycles. The van der Waals surface area contributed by atoms with Crippen molar-refractivity contribution in [3.63, 3.8) is 0 Å². The van der Waals surface area contributed by atoms with E-state index in [4.69, 9.17) is 15.2 Å². The van der Waals surface area contributed by atoms with Crippen LogP contribution < -0.4 is 20.5 Å². The second kappa shape index (κ2) is 7.87. The molecule has 3 N–H and O–H groups in total. The molecule has 6 nitrogen and oxygen atoms in total. The highest BCUT2D eigenvalue weighted by Crippen LogP contribution is 2.32. The molecule has 0 saturated heterocycles. The van der Waals surface area contributed by atoms with Gasteiger partial charge in [0.1, 0.15) is 0 Å². The fourth-order valence-electron chi connectivity index (χ4n) is 2.63. The zero-order valence-corrected chi connectivity index (χ0v) is 13.3. The van der Waals surface area contributed by atoms with E-state index >= 15 is 0 Å². The lowest BCUT2D eigenvalue weighted by Crippen LogP contribution is -2.31. The third-order valence-corrected chi connectivity index (χ3v) is 3.86. The van der Waals surface area contributed by atoms with E-state index in [9.17, 15) is 0 Å². The van der Waals surface area contributed by atoms with Crippen molar-refractivity contribution >= 4 is 11.6 Å². The normalized spacial score (nSPS) is 18.5. The van der Waals surface area contributed by atoms with E-state index in [1.165, 1.54) is 0 Å². The summed E-state index contributed by atoms with van der Waals surface area (Å²) < 4.78 is 11.3. The van der Waals surface area contributed by atoms with E-state index < -0.39 is 0 Å². The zero-order chi connectivity index (χ0) is 15.9. The SMILES string of the molecule is NC(=NCCN1CC=CCC1)Nc1ccc2c(c1)OCCCO2. The number of nitrogens with one attached hydrogen (secondary N) is 1.